The Balaban J connectivity index is 1.29. The molecule has 2 N–H and O–H groups in total. The summed E-state index contributed by atoms with van der Waals surface area (Å²) in [5.74, 6) is 2.43. The molecule has 10 nitrogen and oxygen atoms in total. The van der Waals surface area contributed by atoms with Crippen LogP contribution in [0.1, 0.15) is 16.8 Å². The van der Waals surface area contributed by atoms with Gasteiger partial charge >= 0.3 is 6.03 Å². The number of fused-ring (bicyclic) bond motifs is 1. The number of aryl methyl sites for hydroxylation is 2. The SMILES string of the molecule is COc1ccccc1-c1cnc(-c2ccc(C)c(N3Cc4cnc(Nc5ccc(C)nc5)nc4N(C)C3=O)c2)[nH]1. The molecule has 2 aromatic carbocycles. The molecule has 0 atom stereocenters. The molecule has 0 saturated carbocycles. The first-order valence-electron chi connectivity index (χ1n) is 12.8. The molecule has 0 fully saturated rings. The van der Waals surface area contributed by atoms with Gasteiger partial charge in [-0.1, -0.05) is 24.3 Å². The number of hydrogen-bond acceptors (Lipinski definition) is 7. The monoisotopic (exact) mass is 532 g/mol. The van der Waals surface area contributed by atoms with E-state index in [2.05, 4.69) is 30.2 Å². The normalized spacial score (nSPS) is 12.8. The van der Waals surface area contributed by atoms with E-state index in [1.54, 1.807) is 42.5 Å². The van der Waals surface area contributed by atoms with E-state index in [0.717, 1.165) is 50.8 Å². The van der Waals surface area contributed by atoms with Gasteiger partial charge in [0.1, 0.15) is 17.4 Å². The van der Waals surface area contributed by atoms with Crippen molar-refractivity contribution in [2.75, 3.05) is 29.3 Å². The molecule has 0 radical (unpaired) electrons. The number of hydrogen-bond donors (Lipinski definition) is 2. The summed E-state index contributed by atoms with van der Waals surface area (Å²) in [6.07, 6.45) is 5.27. The van der Waals surface area contributed by atoms with E-state index >= 15 is 0 Å². The topological polar surface area (TPSA) is 112 Å². The maximum atomic E-state index is 13.6. The number of rotatable bonds is 6. The van der Waals surface area contributed by atoms with Crippen molar-refractivity contribution in [2.24, 2.45) is 0 Å². The second kappa shape index (κ2) is 10.1. The number of nitrogens with one attached hydrogen (secondary N) is 2. The third kappa shape index (κ3) is 4.60. The van der Waals surface area contributed by atoms with E-state index in [4.69, 9.17) is 4.74 Å². The number of nitrogens with zero attached hydrogens (tertiary/aromatic N) is 6. The van der Waals surface area contributed by atoms with E-state index in [-0.39, 0.29) is 6.03 Å². The van der Waals surface area contributed by atoms with E-state index in [1.165, 1.54) is 0 Å². The van der Waals surface area contributed by atoms with Crippen molar-refractivity contribution in [3.05, 3.63) is 90.0 Å². The Bertz CT molecular complexity index is 1710. The maximum absolute atomic E-state index is 13.6. The van der Waals surface area contributed by atoms with Crippen molar-refractivity contribution in [1.82, 2.24) is 24.9 Å². The number of amides is 2. The summed E-state index contributed by atoms with van der Waals surface area (Å²) in [5.41, 5.74) is 6.94. The van der Waals surface area contributed by atoms with Crippen LogP contribution in [-0.4, -0.2) is 45.1 Å². The number of para-hydroxylation sites is 1. The van der Waals surface area contributed by atoms with Crippen molar-refractivity contribution in [1.29, 1.82) is 0 Å². The molecule has 6 rings (SSSR count). The summed E-state index contributed by atoms with van der Waals surface area (Å²) < 4.78 is 5.51. The first kappa shape index (κ1) is 25.1. The Morgan fingerprint density at radius 2 is 1.82 bits per heavy atom. The number of carbonyl (C=O) groups is 1. The Hall–Kier alpha value is -5.25. The van der Waals surface area contributed by atoms with Gasteiger partial charge in [0.05, 0.1) is 37.4 Å². The van der Waals surface area contributed by atoms with E-state index in [0.29, 0.717) is 24.1 Å². The number of methoxy groups -OCH3 is 1. The van der Waals surface area contributed by atoms with Gasteiger partial charge in [-0.15, -0.1) is 0 Å². The molecule has 0 saturated heterocycles. The summed E-state index contributed by atoms with van der Waals surface area (Å²) in [6.45, 7) is 4.26. The van der Waals surface area contributed by atoms with Crippen LogP contribution in [0, 0.1) is 13.8 Å². The second-order valence-electron chi connectivity index (χ2n) is 9.63. The standard InChI is InChI=1S/C30H28N8O2/c1-18-9-11-20(27-32-16-24(35-27)23-7-5-6-8-26(23)40-4)13-25(18)38-17-21-14-33-29(36-28(21)37(3)30(38)39)34-22-12-10-19(2)31-15-22/h5-16H,17H2,1-4H3,(H,32,35)(H,33,34,36). The Morgan fingerprint density at radius 3 is 2.62 bits per heavy atom. The van der Waals surface area contributed by atoms with Crippen LogP contribution in [0.25, 0.3) is 22.6 Å². The zero-order chi connectivity index (χ0) is 27.8. The zero-order valence-corrected chi connectivity index (χ0v) is 22.6. The molecule has 1 aliphatic heterocycles. The Labute approximate surface area is 231 Å². The fourth-order valence-electron chi connectivity index (χ4n) is 4.75. The molecular weight excluding hydrogens is 504 g/mol. The van der Waals surface area contributed by atoms with Crippen LogP contribution in [-0.2, 0) is 6.54 Å². The van der Waals surface area contributed by atoms with Crippen LogP contribution < -0.4 is 19.9 Å². The van der Waals surface area contributed by atoms with E-state index in [1.807, 2.05) is 68.4 Å². The zero-order valence-electron chi connectivity index (χ0n) is 22.6. The van der Waals surface area contributed by atoms with Crippen molar-refractivity contribution >= 4 is 29.2 Å². The Morgan fingerprint density at radius 1 is 0.975 bits per heavy atom. The molecule has 0 spiro atoms. The van der Waals surface area contributed by atoms with Gasteiger partial charge in [-0.25, -0.2) is 14.8 Å². The minimum Gasteiger partial charge on any atom is -0.496 e. The molecule has 10 heteroatoms. The van der Waals surface area contributed by atoms with Gasteiger partial charge in [0.15, 0.2) is 0 Å². The molecule has 40 heavy (non-hydrogen) atoms. The smallest absolute Gasteiger partial charge is 0.330 e. The van der Waals surface area contributed by atoms with E-state index < -0.39 is 0 Å². The Kier molecular flexibility index (Phi) is 6.35. The number of pyridine rings is 1. The fourth-order valence-corrected chi connectivity index (χ4v) is 4.75. The molecule has 0 aliphatic carbocycles. The number of imidazole rings is 1. The lowest BCUT2D eigenvalue weighted by Gasteiger charge is -2.35. The molecule has 5 aromatic rings. The second-order valence-corrected chi connectivity index (χ2v) is 9.63. The number of ether oxygens (including phenoxy) is 1. The number of urea groups is 1. The minimum absolute atomic E-state index is 0.177. The lowest BCUT2D eigenvalue weighted by Crippen LogP contribution is -2.46. The highest BCUT2D eigenvalue weighted by Gasteiger charge is 2.31. The number of anilines is 4. The molecular formula is C30H28N8O2. The molecule has 3 aromatic heterocycles. The fraction of sp³-hybridized carbons (Fsp3) is 0.167. The summed E-state index contributed by atoms with van der Waals surface area (Å²) in [5, 5.41) is 3.16. The van der Waals surface area contributed by atoms with Gasteiger partial charge in [0, 0.05) is 41.3 Å². The van der Waals surface area contributed by atoms with Gasteiger partial charge in [0.2, 0.25) is 5.95 Å². The quantitative estimate of drug-likeness (QED) is 0.281. The summed E-state index contributed by atoms with van der Waals surface area (Å²) in [6, 6.07) is 17.4. The molecule has 200 valence electrons. The van der Waals surface area contributed by atoms with Crippen molar-refractivity contribution in [2.45, 2.75) is 20.4 Å². The highest BCUT2D eigenvalue weighted by Crippen LogP contribution is 2.35. The number of benzene rings is 2. The van der Waals surface area contributed by atoms with Gasteiger partial charge < -0.3 is 15.0 Å². The average Bonchev–Trinajstić information content (AvgIpc) is 3.47. The molecule has 2 amide bonds. The summed E-state index contributed by atoms with van der Waals surface area (Å²) in [7, 11) is 3.37. The molecule has 1 aliphatic rings. The van der Waals surface area contributed by atoms with Gasteiger partial charge in [0.25, 0.3) is 0 Å². The highest BCUT2D eigenvalue weighted by molar-refractivity contribution is 6.05. The van der Waals surface area contributed by atoms with Crippen LogP contribution in [0.3, 0.4) is 0 Å². The largest absolute Gasteiger partial charge is 0.496 e. The van der Waals surface area contributed by atoms with Gasteiger partial charge in [-0.3, -0.25) is 14.8 Å². The number of aromatic nitrogens is 5. The molecule has 0 bridgehead atoms. The predicted molar refractivity (Wildman–Crippen MR) is 155 cm³/mol. The minimum atomic E-state index is -0.177. The first-order chi connectivity index (χ1) is 19.4. The van der Waals surface area contributed by atoms with Crippen LogP contribution in [0.2, 0.25) is 0 Å². The third-order valence-electron chi connectivity index (χ3n) is 6.92. The van der Waals surface area contributed by atoms with Crippen LogP contribution in [0.15, 0.2) is 73.2 Å². The number of H-pyrrole nitrogens is 1. The van der Waals surface area contributed by atoms with E-state index in [9.17, 15) is 4.79 Å². The van der Waals surface area contributed by atoms with Crippen molar-refractivity contribution in [3.8, 4) is 28.4 Å². The molecule has 0 unspecified atom stereocenters. The first-order valence-corrected chi connectivity index (χ1v) is 12.8. The van der Waals surface area contributed by atoms with Gasteiger partial charge in [-0.05, 0) is 49.7 Å². The number of carbonyl (C=O) groups excluding carboxylic acids is 1. The van der Waals surface area contributed by atoms with Crippen molar-refractivity contribution in [3.63, 3.8) is 0 Å². The average molecular weight is 533 g/mol. The predicted octanol–water partition coefficient (Wildman–Crippen LogP) is 5.87. The van der Waals surface area contributed by atoms with Crippen LogP contribution in [0.4, 0.5) is 27.9 Å². The molecule has 4 heterocycles. The van der Waals surface area contributed by atoms with Crippen LogP contribution in [0.5, 0.6) is 5.75 Å². The van der Waals surface area contributed by atoms with Crippen LogP contribution >= 0.6 is 0 Å². The summed E-state index contributed by atoms with van der Waals surface area (Å²) in [4.78, 5) is 38.3. The van der Waals surface area contributed by atoms with Gasteiger partial charge in [-0.2, -0.15) is 4.98 Å². The lowest BCUT2D eigenvalue weighted by molar-refractivity contribution is 0.251. The maximum Gasteiger partial charge on any atom is 0.330 e. The van der Waals surface area contributed by atoms with Crippen molar-refractivity contribution < 1.29 is 9.53 Å². The highest BCUT2D eigenvalue weighted by atomic mass is 16.5. The summed E-state index contributed by atoms with van der Waals surface area (Å²) >= 11 is 0. The lowest BCUT2D eigenvalue weighted by atomic mass is 10.1. The number of aromatic amines is 1. The third-order valence-corrected chi connectivity index (χ3v) is 6.92.